The number of aryl methyl sites for hydroxylation is 1. The second-order valence-corrected chi connectivity index (χ2v) is 5.49. The number of anilines is 1. The third-order valence-corrected chi connectivity index (χ3v) is 4.00. The molecule has 0 amide bonds. The number of piperidine rings is 1. The molecule has 1 aliphatic rings. The highest BCUT2D eigenvalue weighted by Gasteiger charge is 2.22. The molecule has 1 aliphatic heterocycles. The lowest BCUT2D eigenvalue weighted by Gasteiger charge is -2.38. The van der Waals surface area contributed by atoms with Gasteiger partial charge in [-0.15, -0.1) is 0 Å². The predicted molar refractivity (Wildman–Crippen MR) is 83.1 cm³/mol. The van der Waals surface area contributed by atoms with Crippen LogP contribution in [-0.4, -0.2) is 23.7 Å². The van der Waals surface area contributed by atoms with Gasteiger partial charge >= 0.3 is 5.97 Å². The average Bonchev–Trinajstić information content (AvgIpc) is 2.45. The second-order valence-electron chi connectivity index (χ2n) is 5.49. The van der Waals surface area contributed by atoms with Crippen LogP contribution in [0.2, 0.25) is 0 Å². The summed E-state index contributed by atoms with van der Waals surface area (Å²) in [7, 11) is 0. The van der Waals surface area contributed by atoms with Crippen molar-refractivity contribution in [3.63, 3.8) is 0 Å². The van der Waals surface area contributed by atoms with E-state index >= 15 is 0 Å². The van der Waals surface area contributed by atoms with E-state index in [0.717, 1.165) is 24.1 Å². The number of benzene rings is 1. The fourth-order valence-electron chi connectivity index (χ4n) is 2.97. The van der Waals surface area contributed by atoms with E-state index in [9.17, 15) is 4.79 Å². The molecule has 1 aromatic rings. The molecule has 0 radical (unpaired) electrons. The minimum Gasteiger partial charge on any atom is -0.478 e. The third-order valence-electron chi connectivity index (χ3n) is 4.00. The summed E-state index contributed by atoms with van der Waals surface area (Å²) >= 11 is 0. The van der Waals surface area contributed by atoms with Gasteiger partial charge in [-0.3, -0.25) is 0 Å². The summed E-state index contributed by atoms with van der Waals surface area (Å²) in [5.74, 6) is -0.900. The predicted octanol–water partition coefficient (Wildman–Crippen LogP) is 3.86. The van der Waals surface area contributed by atoms with Gasteiger partial charge in [-0.2, -0.15) is 0 Å². The van der Waals surface area contributed by atoms with Crippen molar-refractivity contribution in [2.45, 2.75) is 45.6 Å². The molecule has 0 aromatic heterocycles. The largest absolute Gasteiger partial charge is 0.478 e. The van der Waals surface area contributed by atoms with E-state index in [1.165, 1.54) is 31.0 Å². The highest BCUT2D eigenvalue weighted by Crippen LogP contribution is 2.30. The zero-order valence-electron chi connectivity index (χ0n) is 12.3. The fraction of sp³-hybridized carbons (Fsp3) is 0.471. The topological polar surface area (TPSA) is 40.5 Å². The molecule has 3 nitrogen and oxygen atoms in total. The van der Waals surface area contributed by atoms with Crippen molar-refractivity contribution in [3.05, 3.63) is 35.4 Å². The number of carboxylic acids is 1. The van der Waals surface area contributed by atoms with Crippen LogP contribution in [0.4, 0.5) is 5.69 Å². The van der Waals surface area contributed by atoms with Gasteiger partial charge in [-0.25, -0.2) is 4.79 Å². The first kappa shape index (κ1) is 14.6. The molecule has 1 saturated heterocycles. The lowest BCUT2D eigenvalue weighted by Crippen LogP contribution is -2.39. The van der Waals surface area contributed by atoms with Gasteiger partial charge in [0, 0.05) is 24.4 Å². The highest BCUT2D eigenvalue weighted by atomic mass is 16.4. The first-order valence-corrected chi connectivity index (χ1v) is 7.40. The summed E-state index contributed by atoms with van der Waals surface area (Å²) < 4.78 is 0. The molecule has 20 heavy (non-hydrogen) atoms. The highest BCUT2D eigenvalue weighted by molar-refractivity contribution is 5.87. The maximum absolute atomic E-state index is 10.8. The van der Waals surface area contributed by atoms with E-state index in [4.69, 9.17) is 5.11 Å². The Kier molecular flexibility index (Phi) is 4.83. The maximum atomic E-state index is 10.8. The fourth-order valence-corrected chi connectivity index (χ4v) is 2.97. The van der Waals surface area contributed by atoms with Crippen molar-refractivity contribution < 1.29 is 9.90 Å². The van der Waals surface area contributed by atoms with Crippen LogP contribution in [-0.2, 0) is 4.79 Å². The number of carboxylic acid groups (broad SMARTS) is 1. The van der Waals surface area contributed by atoms with Crippen molar-refractivity contribution in [2.24, 2.45) is 0 Å². The first-order chi connectivity index (χ1) is 9.61. The molecular formula is C17H23NO2. The number of rotatable bonds is 4. The van der Waals surface area contributed by atoms with Gasteiger partial charge in [-0.1, -0.05) is 18.6 Å². The van der Waals surface area contributed by atoms with Crippen LogP contribution < -0.4 is 4.90 Å². The third kappa shape index (κ3) is 3.41. The normalized spacial score (nSPS) is 19.5. The van der Waals surface area contributed by atoms with E-state index < -0.39 is 5.97 Å². The maximum Gasteiger partial charge on any atom is 0.328 e. The molecule has 1 unspecified atom stereocenters. The summed E-state index contributed by atoms with van der Waals surface area (Å²) in [5.41, 5.74) is 3.33. The molecule has 1 fully saturated rings. The number of aliphatic carboxylic acids is 1. The van der Waals surface area contributed by atoms with Crippen molar-refractivity contribution in [3.8, 4) is 0 Å². The summed E-state index contributed by atoms with van der Waals surface area (Å²) in [4.78, 5) is 13.2. The molecule has 1 aromatic carbocycles. The number of hydrogen-bond acceptors (Lipinski definition) is 2. The molecule has 108 valence electrons. The van der Waals surface area contributed by atoms with Crippen LogP contribution in [0.3, 0.4) is 0 Å². The summed E-state index contributed by atoms with van der Waals surface area (Å²) in [5, 5.41) is 8.84. The standard InChI is InChI=1S/C17H23NO2/c1-3-15-6-4-5-11-18(15)16-9-7-13(2)12-14(16)8-10-17(19)20/h7-10,12,15H,3-6,11H2,1-2H3,(H,19,20)/b10-8+. The Hall–Kier alpha value is -1.77. The van der Waals surface area contributed by atoms with Crippen LogP contribution in [0, 0.1) is 6.92 Å². The van der Waals surface area contributed by atoms with Gasteiger partial charge in [0.1, 0.15) is 0 Å². The Bertz CT molecular complexity index is 508. The van der Waals surface area contributed by atoms with Crippen LogP contribution >= 0.6 is 0 Å². The molecule has 1 atom stereocenters. The molecule has 0 spiro atoms. The van der Waals surface area contributed by atoms with Gasteiger partial charge in [-0.05, 0) is 56.4 Å². The molecule has 0 bridgehead atoms. The van der Waals surface area contributed by atoms with Gasteiger partial charge < -0.3 is 10.0 Å². The minimum atomic E-state index is -0.900. The van der Waals surface area contributed by atoms with Crippen LogP contribution in [0.5, 0.6) is 0 Å². The Morgan fingerprint density at radius 2 is 2.25 bits per heavy atom. The van der Waals surface area contributed by atoms with E-state index in [2.05, 4.69) is 30.0 Å². The number of carbonyl (C=O) groups is 1. The van der Waals surface area contributed by atoms with Gasteiger partial charge in [0.2, 0.25) is 0 Å². The van der Waals surface area contributed by atoms with E-state index in [1.54, 1.807) is 6.08 Å². The molecule has 0 saturated carbocycles. The molecule has 1 heterocycles. The van der Waals surface area contributed by atoms with Gasteiger partial charge in [0.25, 0.3) is 0 Å². The molecule has 3 heteroatoms. The average molecular weight is 273 g/mol. The quantitative estimate of drug-likeness (QED) is 0.847. The Labute approximate surface area is 120 Å². The minimum absolute atomic E-state index is 0.573. The van der Waals surface area contributed by atoms with Crippen molar-refractivity contribution in [2.75, 3.05) is 11.4 Å². The van der Waals surface area contributed by atoms with E-state index in [0.29, 0.717) is 6.04 Å². The smallest absolute Gasteiger partial charge is 0.328 e. The lowest BCUT2D eigenvalue weighted by atomic mass is 9.97. The van der Waals surface area contributed by atoms with E-state index in [1.807, 2.05) is 6.92 Å². The van der Waals surface area contributed by atoms with Crippen molar-refractivity contribution >= 4 is 17.7 Å². The van der Waals surface area contributed by atoms with Crippen LogP contribution in [0.15, 0.2) is 24.3 Å². The van der Waals surface area contributed by atoms with Crippen molar-refractivity contribution in [1.29, 1.82) is 0 Å². The van der Waals surface area contributed by atoms with Crippen molar-refractivity contribution in [1.82, 2.24) is 0 Å². The van der Waals surface area contributed by atoms with Gasteiger partial charge in [0.15, 0.2) is 0 Å². The molecule has 1 N–H and O–H groups in total. The Balaban J connectivity index is 2.36. The summed E-state index contributed by atoms with van der Waals surface area (Å²) in [6.45, 7) is 5.33. The SMILES string of the molecule is CCC1CCCCN1c1ccc(C)cc1/C=C/C(=O)O. The zero-order chi connectivity index (χ0) is 14.5. The Morgan fingerprint density at radius 1 is 1.45 bits per heavy atom. The lowest BCUT2D eigenvalue weighted by molar-refractivity contribution is -0.131. The first-order valence-electron chi connectivity index (χ1n) is 7.40. The summed E-state index contributed by atoms with van der Waals surface area (Å²) in [6, 6.07) is 6.87. The van der Waals surface area contributed by atoms with Crippen LogP contribution in [0.25, 0.3) is 6.08 Å². The van der Waals surface area contributed by atoms with Crippen LogP contribution in [0.1, 0.15) is 43.7 Å². The van der Waals surface area contributed by atoms with E-state index in [-0.39, 0.29) is 0 Å². The Morgan fingerprint density at radius 3 is 2.95 bits per heavy atom. The molecular weight excluding hydrogens is 250 g/mol. The monoisotopic (exact) mass is 273 g/mol. The zero-order valence-corrected chi connectivity index (χ0v) is 12.3. The molecule has 2 rings (SSSR count). The number of hydrogen-bond donors (Lipinski definition) is 1. The summed E-state index contributed by atoms with van der Waals surface area (Å²) in [6.07, 6.45) is 7.81. The second kappa shape index (κ2) is 6.60. The van der Waals surface area contributed by atoms with Gasteiger partial charge in [0.05, 0.1) is 0 Å². The number of nitrogens with zero attached hydrogens (tertiary/aromatic N) is 1. The molecule has 0 aliphatic carbocycles.